The van der Waals surface area contributed by atoms with E-state index < -0.39 is 0 Å². The molecule has 0 atom stereocenters. The minimum absolute atomic E-state index is 0.0180. The summed E-state index contributed by atoms with van der Waals surface area (Å²) in [6.07, 6.45) is 1.70. The zero-order valence-electron chi connectivity index (χ0n) is 14.9. The number of para-hydroxylation sites is 1. The van der Waals surface area contributed by atoms with Crippen molar-refractivity contribution in [2.75, 3.05) is 33.2 Å². The summed E-state index contributed by atoms with van der Waals surface area (Å²) in [5.41, 5.74) is 2.11. The summed E-state index contributed by atoms with van der Waals surface area (Å²) < 4.78 is 3.42. The van der Waals surface area contributed by atoms with Crippen LogP contribution < -0.4 is 10.5 Å². The first-order valence-electron chi connectivity index (χ1n) is 8.66. The van der Waals surface area contributed by atoms with Crippen LogP contribution in [0.4, 0.5) is 0 Å². The molecule has 1 N–H and O–H groups in total. The molecule has 4 rings (SSSR count). The van der Waals surface area contributed by atoms with Crippen LogP contribution in [0.3, 0.4) is 0 Å². The molecule has 25 heavy (non-hydrogen) atoms. The topological polar surface area (TPSA) is 51.7 Å². The number of likely N-dealkylation sites (N-methyl/N-ethyl adjacent to an activating group) is 1. The quantitative estimate of drug-likeness (QED) is 0.679. The van der Waals surface area contributed by atoms with E-state index in [1.807, 2.05) is 40.8 Å². The maximum atomic E-state index is 13.2. The molecule has 0 spiro atoms. The number of aryl methyl sites for hydroxylation is 2. The molecule has 1 fully saturated rings. The van der Waals surface area contributed by atoms with Gasteiger partial charge >= 0.3 is 0 Å². The van der Waals surface area contributed by atoms with Crippen molar-refractivity contribution >= 4 is 27.7 Å². The van der Waals surface area contributed by atoms with Crippen molar-refractivity contribution in [1.29, 1.82) is 0 Å². The Hall–Kier alpha value is -2.60. The predicted molar refractivity (Wildman–Crippen MR) is 98.2 cm³/mol. The molecule has 2 aromatic heterocycles. The van der Waals surface area contributed by atoms with Crippen LogP contribution in [0, 0.1) is 0 Å². The Morgan fingerprint density at radius 2 is 1.80 bits per heavy atom. The normalized spacial score (nSPS) is 16.0. The molecule has 1 aromatic carbocycles. The number of nitrogens with one attached hydrogen (secondary N) is 1. The Kier molecular flexibility index (Phi) is 3.65. The van der Waals surface area contributed by atoms with Gasteiger partial charge in [0, 0.05) is 36.6 Å². The number of piperazine rings is 1. The van der Waals surface area contributed by atoms with Crippen molar-refractivity contribution in [3.05, 3.63) is 46.4 Å². The van der Waals surface area contributed by atoms with Gasteiger partial charge in [0.15, 0.2) is 0 Å². The van der Waals surface area contributed by atoms with Crippen molar-refractivity contribution in [3.63, 3.8) is 0 Å². The number of rotatable bonds is 1. The fraction of sp³-hybridized carbons (Fsp3) is 0.368. The third-order valence-corrected chi connectivity index (χ3v) is 5.36. The highest BCUT2D eigenvalue weighted by Crippen LogP contribution is 2.29. The number of benzene rings is 1. The monoisotopic (exact) mass is 339 g/mol. The number of carbonyl (C=O) groups excluding carboxylic acids is 1. The molecule has 130 valence electrons. The van der Waals surface area contributed by atoms with Crippen molar-refractivity contribution < 1.29 is 9.69 Å². The highest BCUT2D eigenvalue weighted by atomic mass is 16.2. The Bertz CT molecular complexity index is 1040. The van der Waals surface area contributed by atoms with Crippen LogP contribution >= 0.6 is 0 Å². The summed E-state index contributed by atoms with van der Waals surface area (Å²) in [5, 5.41) is 1.73. The van der Waals surface area contributed by atoms with E-state index in [1.54, 1.807) is 13.2 Å². The second-order valence-electron chi connectivity index (χ2n) is 7.01. The first kappa shape index (κ1) is 15.9. The van der Waals surface area contributed by atoms with E-state index in [2.05, 4.69) is 7.05 Å². The molecule has 6 heteroatoms. The summed E-state index contributed by atoms with van der Waals surface area (Å²) >= 11 is 0. The van der Waals surface area contributed by atoms with Crippen LogP contribution in [0.1, 0.15) is 10.4 Å². The number of quaternary nitrogens is 1. The smallest absolute Gasteiger partial charge is 0.274 e. The van der Waals surface area contributed by atoms with E-state index in [0.29, 0.717) is 11.1 Å². The Balaban J connectivity index is 1.98. The van der Waals surface area contributed by atoms with E-state index >= 15 is 0 Å². The molecular formula is C19H23N4O2+. The molecule has 1 aliphatic rings. The molecular weight excluding hydrogens is 316 g/mol. The molecule has 0 radical (unpaired) electrons. The van der Waals surface area contributed by atoms with Gasteiger partial charge in [-0.1, -0.05) is 18.2 Å². The molecule has 1 saturated heterocycles. The summed E-state index contributed by atoms with van der Waals surface area (Å²) in [5.74, 6) is 0.0180. The van der Waals surface area contributed by atoms with Crippen molar-refractivity contribution in [3.8, 4) is 0 Å². The summed E-state index contributed by atoms with van der Waals surface area (Å²) in [6, 6.07) is 7.88. The van der Waals surface area contributed by atoms with E-state index in [4.69, 9.17) is 0 Å². The number of aromatic nitrogens is 2. The SMILES string of the molecule is Cn1cc(C(=O)N2CC[NH+](C)CC2)c2c3ccccc3n(C)c2c1=O. The van der Waals surface area contributed by atoms with E-state index in [9.17, 15) is 9.59 Å². The molecule has 3 heterocycles. The van der Waals surface area contributed by atoms with Crippen LogP contribution in [0.5, 0.6) is 0 Å². The molecule has 0 saturated carbocycles. The number of pyridine rings is 1. The van der Waals surface area contributed by atoms with Crippen molar-refractivity contribution in [1.82, 2.24) is 14.0 Å². The van der Waals surface area contributed by atoms with Gasteiger partial charge in [0.2, 0.25) is 0 Å². The van der Waals surface area contributed by atoms with Gasteiger partial charge in [0.1, 0.15) is 5.52 Å². The van der Waals surface area contributed by atoms with Crippen LogP contribution in [-0.4, -0.2) is 53.2 Å². The molecule has 1 aliphatic heterocycles. The highest BCUT2D eigenvalue weighted by Gasteiger charge is 2.26. The second-order valence-corrected chi connectivity index (χ2v) is 7.01. The zero-order chi connectivity index (χ0) is 17.7. The average Bonchev–Trinajstić information content (AvgIpc) is 2.92. The summed E-state index contributed by atoms with van der Waals surface area (Å²) in [6.45, 7) is 3.41. The fourth-order valence-corrected chi connectivity index (χ4v) is 3.82. The Labute approximate surface area is 145 Å². The van der Waals surface area contributed by atoms with Crippen LogP contribution in [0.25, 0.3) is 21.8 Å². The fourth-order valence-electron chi connectivity index (χ4n) is 3.82. The number of amides is 1. The van der Waals surface area contributed by atoms with Gasteiger partial charge in [-0.2, -0.15) is 0 Å². The molecule has 3 aromatic rings. The van der Waals surface area contributed by atoms with E-state index in [-0.39, 0.29) is 11.5 Å². The number of hydrogen-bond donors (Lipinski definition) is 1. The maximum absolute atomic E-state index is 13.2. The minimum Gasteiger partial charge on any atom is -0.339 e. The standard InChI is InChI=1S/C19H22N4O2/c1-20-8-10-23(11-9-20)18(24)14-12-21(2)19(25)17-16(14)13-6-4-5-7-15(13)22(17)3/h4-7,12H,8-11H2,1-3H3/p+1. The van der Waals surface area contributed by atoms with Gasteiger partial charge in [-0.15, -0.1) is 0 Å². The van der Waals surface area contributed by atoms with Gasteiger partial charge in [0.25, 0.3) is 11.5 Å². The minimum atomic E-state index is -0.0759. The van der Waals surface area contributed by atoms with Crippen molar-refractivity contribution in [2.24, 2.45) is 14.1 Å². The molecule has 0 bridgehead atoms. The van der Waals surface area contributed by atoms with Crippen LogP contribution in [-0.2, 0) is 14.1 Å². The maximum Gasteiger partial charge on any atom is 0.274 e. The number of nitrogens with zero attached hydrogens (tertiary/aromatic N) is 3. The third-order valence-electron chi connectivity index (χ3n) is 5.36. The first-order chi connectivity index (χ1) is 12.0. The Morgan fingerprint density at radius 3 is 2.52 bits per heavy atom. The largest absolute Gasteiger partial charge is 0.339 e. The van der Waals surface area contributed by atoms with E-state index in [1.165, 1.54) is 9.47 Å². The van der Waals surface area contributed by atoms with E-state index in [0.717, 1.165) is 42.5 Å². The molecule has 0 aliphatic carbocycles. The van der Waals surface area contributed by atoms with Gasteiger partial charge in [-0.25, -0.2) is 0 Å². The van der Waals surface area contributed by atoms with Gasteiger partial charge < -0.3 is 18.9 Å². The van der Waals surface area contributed by atoms with Crippen molar-refractivity contribution in [2.45, 2.75) is 0 Å². The molecule has 1 amide bonds. The predicted octanol–water partition coefficient (Wildman–Crippen LogP) is 0.000700. The molecule has 6 nitrogen and oxygen atoms in total. The summed E-state index contributed by atoms with van der Waals surface area (Å²) in [4.78, 5) is 29.3. The number of hydrogen-bond acceptors (Lipinski definition) is 2. The lowest BCUT2D eigenvalue weighted by atomic mass is 10.1. The van der Waals surface area contributed by atoms with Gasteiger partial charge in [-0.3, -0.25) is 9.59 Å². The van der Waals surface area contributed by atoms with Crippen LogP contribution in [0.2, 0.25) is 0 Å². The van der Waals surface area contributed by atoms with Gasteiger partial charge in [-0.05, 0) is 6.07 Å². The zero-order valence-corrected chi connectivity index (χ0v) is 14.9. The number of carbonyl (C=O) groups is 1. The van der Waals surface area contributed by atoms with Crippen LogP contribution in [0.15, 0.2) is 35.3 Å². The summed E-state index contributed by atoms with van der Waals surface area (Å²) in [7, 11) is 5.75. The second kappa shape index (κ2) is 5.74. The molecule has 0 unspecified atom stereocenters. The number of fused-ring (bicyclic) bond motifs is 3. The highest BCUT2D eigenvalue weighted by molar-refractivity contribution is 6.17. The Morgan fingerprint density at radius 1 is 1.12 bits per heavy atom. The van der Waals surface area contributed by atoms with Gasteiger partial charge in [0.05, 0.1) is 38.8 Å². The average molecular weight is 339 g/mol. The third kappa shape index (κ3) is 2.36. The first-order valence-corrected chi connectivity index (χ1v) is 8.66. The lowest BCUT2D eigenvalue weighted by Crippen LogP contribution is -3.12. The lowest BCUT2D eigenvalue weighted by Gasteiger charge is -2.30. The lowest BCUT2D eigenvalue weighted by molar-refractivity contribution is -0.883.